The molecule has 5 aromatic rings. The molecule has 4 nitrogen and oxygen atoms in total. The summed E-state index contributed by atoms with van der Waals surface area (Å²) in [5, 5.41) is 1.20. The lowest BCUT2D eigenvalue weighted by molar-refractivity contribution is -0.665. The summed E-state index contributed by atoms with van der Waals surface area (Å²) in [6, 6.07) is 36.0. The summed E-state index contributed by atoms with van der Waals surface area (Å²) in [7, 11) is 1.72. The zero-order valence-corrected chi connectivity index (χ0v) is 21.7. The molecule has 0 bridgehead atoms. The Morgan fingerprint density at radius 2 is 1.38 bits per heavy atom. The van der Waals surface area contributed by atoms with E-state index in [1.54, 1.807) is 18.4 Å². The van der Waals surface area contributed by atoms with E-state index in [0.29, 0.717) is 0 Å². The zero-order chi connectivity index (χ0) is 25.2. The number of thiazole rings is 1. The van der Waals surface area contributed by atoms with Crippen LogP contribution in [0, 0.1) is 0 Å². The van der Waals surface area contributed by atoms with Crippen molar-refractivity contribution in [3.05, 3.63) is 126 Å². The number of nitrogens with zero attached hydrogens (tertiary/aromatic N) is 3. The van der Waals surface area contributed by atoms with E-state index >= 15 is 0 Å². The highest BCUT2D eigenvalue weighted by atomic mass is 32.1. The van der Waals surface area contributed by atoms with Gasteiger partial charge in [-0.05, 0) is 61.5 Å². The quantitative estimate of drug-likeness (QED) is 0.219. The van der Waals surface area contributed by atoms with Gasteiger partial charge in [0.1, 0.15) is 22.8 Å². The van der Waals surface area contributed by atoms with Crippen molar-refractivity contribution in [2.45, 2.75) is 13.5 Å². The van der Waals surface area contributed by atoms with Crippen molar-refractivity contribution >= 4 is 50.4 Å². The van der Waals surface area contributed by atoms with E-state index in [0.717, 1.165) is 40.9 Å². The van der Waals surface area contributed by atoms with Gasteiger partial charge in [0.2, 0.25) is 5.52 Å². The van der Waals surface area contributed by atoms with Gasteiger partial charge in [-0.2, -0.15) is 4.57 Å². The summed E-state index contributed by atoms with van der Waals surface area (Å²) in [6.45, 7) is 3.07. The molecular formula is C32H28N3OS+. The van der Waals surface area contributed by atoms with Crippen LogP contribution < -0.4 is 19.1 Å². The second-order valence-corrected chi connectivity index (χ2v) is 9.80. The number of rotatable bonds is 6. The van der Waals surface area contributed by atoms with Crippen molar-refractivity contribution in [2.24, 2.45) is 0 Å². The third-order valence-electron chi connectivity index (χ3n) is 6.59. The lowest BCUT2D eigenvalue weighted by Crippen LogP contribution is -2.33. The van der Waals surface area contributed by atoms with Crippen molar-refractivity contribution in [3.8, 4) is 5.75 Å². The number of methoxy groups -OCH3 is 1. The number of ether oxygens (including phenoxy) is 1. The second-order valence-electron chi connectivity index (χ2n) is 8.73. The molecule has 5 heteroatoms. The van der Waals surface area contributed by atoms with Crippen LogP contribution in [0.2, 0.25) is 0 Å². The molecule has 1 aliphatic rings. The van der Waals surface area contributed by atoms with Crippen LogP contribution in [0.25, 0.3) is 16.3 Å². The van der Waals surface area contributed by atoms with Crippen LogP contribution in [-0.4, -0.2) is 7.11 Å². The van der Waals surface area contributed by atoms with Crippen LogP contribution in [-0.2, 0) is 6.54 Å². The molecular weight excluding hydrogens is 474 g/mol. The van der Waals surface area contributed by atoms with E-state index in [-0.39, 0.29) is 0 Å². The molecule has 2 heterocycles. The Hall–Kier alpha value is -4.35. The molecule has 4 aromatic carbocycles. The number of benzene rings is 4. The molecule has 0 radical (unpaired) electrons. The average molecular weight is 503 g/mol. The highest BCUT2D eigenvalue weighted by molar-refractivity contribution is 7.18. The largest absolute Gasteiger partial charge is 0.497 e. The number of para-hydroxylation sites is 4. The maximum Gasteiger partial charge on any atom is 0.262 e. The molecule has 0 saturated carbocycles. The van der Waals surface area contributed by atoms with Crippen molar-refractivity contribution in [1.29, 1.82) is 0 Å². The van der Waals surface area contributed by atoms with Crippen molar-refractivity contribution < 1.29 is 9.30 Å². The Morgan fingerprint density at radius 1 is 0.784 bits per heavy atom. The molecule has 1 aromatic heterocycles. The highest BCUT2D eigenvalue weighted by Crippen LogP contribution is 2.49. The minimum Gasteiger partial charge on any atom is -0.497 e. The van der Waals surface area contributed by atoms with E-state index in [1.807, 2.05) is 6.07 Å². The highest BCUT2D eigenvalue weighted by Gasteiger charge is 2.32. The van der Waals surface area contributed by atoms with Crippen LogP contribution in [0.3, 0.4) is 0 Å². The summed E-state index contributed by atoms with van der Waals surface area (Å²) in [5.41, 5.74) is 5.78. The van der Waals surface area contributed by atoms with Crippen LogP contribution >= 0.6 is 11.3 Å². The molecule has 6 rings (SSSR count). The molecule has 0 saturated heterocycles. The summed E-state index contributed by atoms with van der Waals surface area (Å²) in [5.74, 6) is 1.96. The maximum absolute atomic E-state index is 5.47. The molecule has 37 heavy (non-hydrogen) atoms. The summed E-state index contributed by atoms with van der Waals surface area (Å²) in [4.78, 5) is 4.66. The monoisotopic (exact) mass is 502 g/mol. The molecule has 0 amide bonds. The third kappa shape index (κ3) is 4.17. The van der Waals surface area contributed by atoms with Gasteiger partial charge in [0.15, 0.2) is 0 Å². The molecule has 0 N–H and O–H groups in total. The topological polar surface area (TPSA) is 19.6 Å². The van der Waals surface area contributed by atoms with E-state index in [2.05, 4.69) is 137 Å². The van der Waals surface area contributed by atoms with Gasteiger partial charge in [-0.3, -0.25) is 9.80 Å². The van der Waals surface area contributed by atoms with Crippen LogP contribution in [0.4, 0.5) is 22.7 Å². The fraction of sp³-hybridized carbons (Fsp3) is 0.0938. The molecule has 0 spiro atoms. The lowest BCUT2D eigenvalue weighted by atomic mass is 10.2. The maximum atomic E-state index is 5.47. The molecule has 0 atom stereocenters. The Balaban J connectivity index is 1.48. The van der Waals surface area contributed by atoms with Crippen molar-refractivity contribution in [3.63, 3.8) is 0 Å². The Bertz CT molecular complexity index is 1540. The summed E-state index contributed by atoms with van der Waals surface area (Å²) in [6.07, 6.45) is 6.59. The van der Waals surface area contributed by atoms with E-state index in [1.165, 1.54) is 15.2 Å². The van der Waals surface area contributed by atoms with Gasteiger partial charge in [-0.1, -0.05) is 65.9 Å². The summed E-state index contributed by atoms with van der Waals surface area (Å²) < 4.78 is 9.06. The van der Waals surface area contributed by atoms with Crippen LogP contribution in [0.1, 0.15) is 11.9 Å². The predicted octanol–water partition coefficient (Wildman–Crippen LogP) is 8.06. The Kier molecular flexibility index (Phi) is 6.21. The van der Waals surface area contributed by atoms with Crippen LogP contribution in [0.15, 0.2) is 121 Å². The molecule has 0 aliphatic carbocycles. The first-order valence-corrected chi connectivity index (χ1v) is 13.3. The van der Waals surface area contributed by atoms with Gasteiger partial charge < -0.3 is 4.74 Å². The van der Waals surface area contributed by atoms with E-state index in [4.69, 9.17) is 4.74 Å². The SMILES string of the molecule is CC[n+]1c(C=CC=C2N(c3ccccc3)c3ccccc3N2c2ccccc2)sc2ccc(OC)cc21. The smallest absolute Gasteiger partial charge is 0.262 e. The molecule has 0 fully saturated rings. The number of aryl methyl sites for hydroxylation is 1. The van der Waals surface area contributed by atoms with Crippen molar-refractivity contribution in [2.75, 3.05) is 16.9 Å². The van der Waals surface area contributed by atoms with Gasteiger partial charge in [-0.15, -0.1) is 0 Å². The van der Waals surface area contributed by atoms with Gasteiger partial charge in [0.25, 0.3) is 5.01 Å². The number of hydrogen-bond donors (Lipinski definition) is 0. The van der Waals surface area contributed by atoms with Gasteiger partial charge >= 0.3 is 0 Å². The number of allylic oxidation sites excluding steroid dienone is 2. The second kappa shape index (κ2) is 9.96. The number of aromatic nitrogens is 1. The van der Waals surface area contributed by atoms with Crippen LogP contribution in [0.5, 0.6) is 5.75 Å². The fourth-order valence-corrected chi connectivity index (χ4v) is 6.03. The standard InChI is InChI=1S/C32H28N3OS/c1-3-33-29-23-26(36-2)21-22-30(29)37-32(33)20-12-19-31-34(24-13-6-4-7-14-24)27-17-10-11-18-28(27)35(31)25-15-8-5-9-16-25/h4-23H,3H2,1-2H3/q+1. The van der Waals surface area contributed by atoms with E-state index in [9.17, 15) is 0 Å². The minimum atomic E-state index is 0.880. The molecule has 0 unspecified atom stereocenters. The van der Waals surface area contributed by atoms with Gasteiger partial charge in [0.05, 0.1) is 24.6 Å². The average Bonchev–Trinajstić information content (AvgIpc) is 3.48. The minimum absolute atomic E-state index is 0.880. The Labute approximate surface area is 221 Å². The number of hydrogen-bond acceptors (Lipinski definition) is 4. The van der Waals surface area contributed by atoms with E-state index < -0.39 is 0 Å². The first kappa shape index (κ1) is 23.1. The summed E-state index contributed by atoms with van der Waals surface area (Å²) >= 11 is 1.80. The fourth-order valence-electron chi connectivity index (χ4n) is 4.91. The molecule has 182 valence electrons. The zero-order valence-electron chi connectivity index (χ0n) is 20.9. The van der Waals surface area contributed by atoms with Gasteiger partial charge in [0, 0.05) is 17.5 Å². The van der Waals surface area contributed by atoms with Gasteiger partial charge in [-0.25, -0.2) is 0 Å². The third-order valence-corrected chi connectivity index (χ3v) is 7.72. The van der Waals surface area contributed by atoms with Crippen molar-refractivity contribution in [1.82, 2.24) is 0 Å². The number of fused-ring (bicyclic) bond motifs is 2. The first-order valence-electron chi connectivity index (χ1n) is 12.5. The normalized spacial score (nSPS) is 13.0. The predicted molar refractivity (Wildman–Crippen MR) is 155 cm³/mol. The Morgan fingerprint density at radius 3 is 1.95 bits per heavy atom. The molecule has 1 aliphatic heterocycles. The lowest BCUT2D eigenvalue weighted by Gasteiger charge is -2.25. The number of anilines is 4. The first-order chi connectivity index (χ1) is 18.3.